The Kier molecular flexibility index (Phi) is 5.41. The van der Waals surface area contributed by atoms with E-state index in [0.29, 0.717) is 0 Å². The van der Waals surface area contributed by atoms with Gasteiger partial charge in [-0.1, -0.05) is 30.3 Å². The summed E-state index contributed by atoms with van der Waals surface area (Å²) in [5, 5.41) is 1.70. The SMILES string of the molecule is COC(=O)c1cc(OC)c(OC)cc1NS(=O)(=O)c1ccc2ccccc2c1. The van der Waals surface area contributed by atoms with Gasteiger partial charge in [-0.15, -0.1) is 0 Å². The van der Waals surface area contributed by atoms with Crippen molar-refractivity contribution in [3.05, 3.63) is 60.2 Å². The molecule has 0 bridgehead atoms. The van der Waals surface area contributed by atoms with Gasteiger partial charge in [-0.05, 0) is 22.9 Å². The first-order valence-corrected chi connectivity index (χ1v) is 9.74. The number of anilines is 1. The van der Waals surface area contributed by atoms with E-state index < -0.39 is 16.0 Å². The van der Waals surface area contributed by atoms with E-state index in [0.717, 1.165) is 10.8 Å². The molecule has 28 heavy (non-hydrogen) atoms. The predicted molar refractivity (Wildman–Crippen MR) is 106 cm³/mol. The molecular formula is C20H19NO6S. The van der Waals surface area contributed by atoms with E-state index in [-0.39, 0.29) is 27.6 Å². The third-order valence-electron chi connectivity index (χ3n) is 4.20. The summed E-state index contributed by atoms with van der Waals surface area (Å²) in [5.41, 5.74) is 0.0298. The molecule has 0 aliphatic heterocycles. The summed E-state index contributed by atoms with van der Waals surface area (Å²) in [6.07, 6.45) is 0. The van der Waals surface area contributed by atoms with Gasteiger partial charge in [0, 0.05) is 12.1 Å². The van der Waals surface area contributed by atoms with Crippen molar-refractivity contribution in [2.45, 2.75) is 4.90 Å². The maximum Gasteiger partial charge on any atom is 0.340 e. The number of ether oxygens (including phenoxy) is 3. The average molecular weight is 401 g/mol. The van der Waals surface area contributed by atoms with E-state index >= 15 is 0 Å². The van der Waals surface area contributed by atoms with Gasteiger partial charge in [0.05, 0.1) is 37.5 Å². The molecule has 0 aromatic heterocycles. The zero-order valence-electron chi connectivity index (χ0n) is 15.6. The molecule has 0 saturated heterocycles. The summed E-state index contributed by atoms with van der Waals surface area (Å²) in [6, 6.07) is 15.0. The molecule has 0 saturated carbocycles. The van der Waals surface area contributed by atoms with Gasteiger partial charge in [0.15, 0.2) is 11.5 Å². The summed E-state index contributed by atoms with van der Waals surface area (Å²) in [7, 11) is 0.0697. The first kappa shape index (κ1) is 19.5. The highest BCUT2D eigenvalue weighted by Gasteiger charge is 2.22. The number of carbonyl (C=O) groups is 1. The molecule has 0 aliphatic carbocycles. The lowest BCUT2D eigenvalue weighted by Gasteiger charge is -2.15. The molecule has 3 aromatic carbocycles. The van der Waals surface area contributed by atoms with Crippen molar-refractivity contribution in [1.29, 1.82) is 0 Å². The van der Waals surface area contributed by atoms with Crippen LogP contribution in [0.4, 0.5) is 5.69 Å². The lowest BCUT2D eigenvalue weighted by molar-refractivity contribution is 0.0601. The van der Waals surface area contributed by atoms with Crippen LogP contribution in [0.25, 0.3) is 10.8 Å². The van der Waals surface area contributed by atoms with Crippen molar-refractivity contribution in [2.24, 2.45) is 0 Å². The number of benzene rings is 3. The fraction of sp³-hybridized carbons (Fsp3) is 0.150. The Morgan fingerprint density at radius 3 is 2.14 bits per heavy atom. The zero-order valence-corrected chi connectivity index (χ0v) is 16.4. The van der Waals surface area contributed by atoms with Crippen LogP contribution in [-0.4, -0.2) is 35.7 Å². The molecule has 0 atom stereocenters. The number of carbonyl (C=O) groups excluding carboxylic acids is 1. The van der Waals surface area contributed by atoms with Crippen molar-refractivity contribution in [3.63, 3.8) is 0 Å². The van der Waals surface area contributed by atoms with Crippen LogP contribution in [-0.2, 0) is 14.8 Å². The molecule has 1 N–H and O–H groups in total. The molecular weight excluding hydrogens is 382 g/mol. The fourth-order valence-corrected chi connectivity index (χ4v) is 3.89. The number of nitrogens with one attached hydrogen (secondary N) is 1. The van der Waals surface area contributed by atoms with Gasteiger partial charge in [0.2, 0.25) is 0 Å². The Labute approximate surface area is 162 Å². The minimum Gasteiger partial charge on any atom is -0.493 e. The monoisotopic (exact) mass is 401 g/mol. The second-order valence-electron chi connectivity index (χ2n) is 5.86. The van der Waals surface area contributed by atoms with Crippen molar-refractivity contribution in [2.75, 3.05) is 26.1 Å². The lowest BCUT2D eigenvalue weighted by atomic mass is 10.1. The molecule has 3 aromatic rings. The lowest BCUT2D eigenvalue weighted by Crippen LogP contribution is -2.16. The highest BCUT2D eigenvalue weighted by Crippen LogP contribution is 2.35. The second-order valence-corrected chi connectivity index (χ2v) is 7.54. The van der Waals surface area contributed by atoms with Gasteiger partial charge < -0.3 is 14.2 Å². The number of rotatable bonds is 6. The van der Waals surface area contributed by atoms with Crippen LogP contribution in [0.2, 0.25) is 0 Å². The predicted octanol–water partition coefficient (Wildman–Crippen LogP) is 3.44. The molecule has 7 nitrogen and oxygen atoms in total. The van der Waals surface area contributed by atoms with Crippen LogP contribution >= 0.6 is 0 Å². The van der Waals surface area contributed by atoms with E-state index in [1.165, 1.54) is 39.5 Å². The van der Waals surface area contributed by atoms with Gasteiger partial charge in [-0.3, -0.25) is 4.72 Å². The van der Waals surface area contributed by atoms with Gasteiger partial charge in [0.25, 0.3) is 10.0 Å². The number of sulfonamides is 1. The van der Waals surface area contributed by atoms with E-state index in [1.54, 1.807) is 12.1 Å². The third-order valence-corrected chi connectivity index (χ3v) is 5.57. The normalized spacial score (nSPS) is 11.1. The summed E-state index contributed by atoms with van der Waals surface area (Å²) >= 11 is 0. The van der Waals surface area contributed by atoms with Crippen LogP contribution in [0.5, 0.6) is 11.5 Å². The van der Waals surface area contributed by atoms with Crippen molar-refractivity contribution in [1.82, 2.24) is 0 Å². The fourth-order valence-electron chi connectivity index (χ4n) is 2.78. The maximum atomic E-state index is 12.9. The van der Waals surface area contributed by atoms with Crippen LogP contribution < -0.4 is 14.2 Å². The van der Waals surface area contributed by atoms with Crippen molar-refractivity contribution in [3.8, 4) is 11.5 Å². The smallest absolute Gasteiger partial charge is 0.340 e. The van der Waals surface area contributed by atoms with Gasteiger partial charge in [-0.25, -0.2) is 13.2 Å². The number of hydrogen-bond donors (Lipinski definition) is 1. The molecule has 0 amide bonds. The molecule has 0 unspecified atom stereocenters. The van der Waals surface area contributed by atoms with Crippen molar-refractivity contribution >= 4 is 32.5 Å². The number of hydrogen-bond acceptors (Lipinski definition) is 6. The summed E-state index contributed by atoms with van der Waals surface area (Å²) in [5.74, 6) is -0.167. The van der Waals surface area contributed by atoms with Crippen LogP contribution in [0.1, 0.15) is 10.4 Å². The average Bonchev–Trinajstić information content (AvgIpc) is 2.72. The molecule has 0 radical (unpaired) electrons. The molecule has 8 heteroatoms. The maximum absolute atomic E-state index is 12.9. The standard InChI is InChI=1S/C20H19NO6S/c1-25-18-11-16(20(22)27-3)17(12-19(18)26-2)21-28(23,24)15-9-8-13-6-4-5-7-14(13)10-15/h4-12,21H,1-3H3. The zero-order chi connectivity index (χ0) is 20.3. The Morgan fingerprint density at radius 1 is 0.857 bits per heavy atom. The molecule has 0 aliphatic rings. The van der Waals surface area contributed by atoms with Gasteiger partial charge in [-0.2, -0.15) is 0 Å². The highest BCUT2D eigenvalue weighted by molar-refractivity contribution is 7.92. The van der Waals surface area contributed by atoms with E-state index in [9.17, 15) is 13.2 Å². The number of fused-ring (bicyclic) bond motifs is 1. The van der Waals surface area contributed by atoms with E-state index in [2.05, 4.69) is 4.72 Å². The van der Waals surface area contributed by atoms with Gasteiger partial charge in [0.1, 0.15) is 0 Å². The number of esters is 1. The van der Waals surface area contributed by atoms with Crippen molar-refractivity contribution < 1.29 is 27.4 Å². The van der Waals surface area contributed by atoms with Crippen LogP contribution in [0.15, 0.2) is 59.5 Å². The minimum atomic E-state index is -3.97. The molecule has 0 heterocycles. The first-order chi connectivity index (χ1) is 13.4. The summed E-state index contributed by atoms with van der Waals surface area (Å²) in [6.45, 7) is 0. The Morgan fingerprint density at radius 2 is 1.50 bits per heavy atom. The Balaban J connectivity index is 2.08. The van der Waals surface area contributed by atoms with E-state index in [4.69, 9.17) is 14.2 Å². The molecule has 0 spiro atoms. The highest BCUT2D eigenvalue weighted by atomic mass is 32.2. The Bertz CT molecular complexity index is 1140. The van der Waals surface area contributed by atoms with Crippen LogP contribution in [0, 0.1) is 0 Å². The summed E-state index contributed by atoms with van der Waals surface area (Å²) < 4.78 is 43.4. The van der Waals surface area contributed by atoms with E-state index in [1.807, 2.05) is 24.3 Å². The largest absolute Gasteiger partial charge is 0.493 e. The molecule has 3 rings (SSSR count). The van der Waals surface area contributed by atoms with Crippen LogP contribution in [0.3, 0.4) is 0 Å². The van der Waals surface area contributed by atoms with Gasteiger partial charge >= 0.3 is 5.97 Å². The molecule has 0 fully saturated rings. The third kappa shape index (κ3) is 3.72. The minimum absolute atomic E-state index is 0.00418. The Hall–Kier alpha value is -3.26. The molecule has 146 valence electrons. The quantitative estimate of drug-likeness (QED) is 0.636. The first-order valence-electron chi connectivity index (χ1n) is 8.25. The topological polar surface area (TPSA) is 90.9 Å². The second kappa shape index (κ2) is 7.77. The number of methoxy groups -OCH3 is 3. The summed E-state index contributed by atoms with van der Waals surface area (Å²) in [4.78, 5) is 12.2.